The van der Waals surface area contributed by atoms with E-state index in [4.69, 9.17) is 9.47 Å². The van der Waals surface area contributed by atoms with Crippen molar-refractivity contribution >= 4 is 18.0 Å². The zero-order valence-corrected chi connectivity index (χ0v) is 15.3. The number of carbonyl (C=O) groups excluding carboxylic acids is 2. The maximum Gasteiger partial charge on any atom is 0.337 e. The van der Waals surface area contributed by atoms with Crippen LogP contribution in [0.15, 0.2) is 48.5 Å². The van der Waals surface area contributed by atoms with E-state index in [1.54, 1.807) is 35.2 Å². The number of hydrogen-bond donors (Lipinski definition) is 0. The highest BCUT2D eigenvalue weighted by Crippen LogP contribution is 2.32. The molecule has 2 aromatic carbocycles. The first-order valence-corrected chi connectivity index (χ1v) is 8.64. The largest absolute Gasteiger partial charge is 0.465 e. The average molecular weight is 367 g/mol. The molecule has 0 atom stereocenters. The van der Waals surface area contributed by atoms with Gasteiger partial charge in [0, 0.05) is 19.2 Å². The third-order valence-electron chi connectivity index (χ3n) is 4.25. The minimum absolute atomic E-state index is 0.0905. The van der Waals surface area contributed by atoms with E-state index < -0.39 is 0 Å². The summed E-state index contributed by atoms with van der Waals surface area (Å²) in [6, 6.07) is 12.6. The fraction of sp³-hybridized carbons (Fsp3) is 0.238. The van der Waals surface area contributed by atoms with Crippen LogP contribution in [-0.4, -0.2) is 37.2 Å². The number of ether oxygens (including phenoxy) is 3. The lowest BCUT2D eigenvalue weighted by Gasteiger charge is -2.19. The number of hydrogen-bond acceptors (Lipinski definition) is 5. The van der Waals surface area contributed by atoms with Crippen LogP contribution in [-0.2, 0) is 16.1 Å². The van der Waals surface area contributed by atoms with Crippen LogP contribution in [0.5, 0.6) is 11.5 Å². The molecular formula is C21H21NO5. The van der Waals surface area contributed by atoms with E-state index in [2.05, 4.69) is 4.74 Å². The lowest BCUT2D eigenvalue weighted by Crippen LogP contribution is -2.28. The molecule has 0 spiro atoms. The molecule has 2 aromatic rings. The number of carbonyl (C=O) groups is 2. The summed E-state index contributed by atoms with van der Waals surface area (Å²) < 4.78 is 15.4. The van der Waals surface area contributed by atoms with Crippen LogP contribution in [0.3, 0.4) is 0 Å². The van der Waals surface area contributed by atoms with E-state index in [0.717, 1.165) is 16.9 Å². The molecule has 6 heteroatoms. The Morgan fingerprint density at radius 2 is 1.85 bits per heavy atom. The topological polar surface area (TPSA) is 65.1 Å². The van der Waals surface area contributed by atoms with E-state index in [1.165, 1.54) is 13.2 Å². The number of benzene rings is 2. The lowest BCUT2D eigenvalue weighted by atomic mass is 10.1. The average Bonchev–Trinajstić information content (AvgIpc) is 3.17. The van der Waals surface area contributed by atoms with E-state index in [-0.39, 0.29) is 18.7 Å². The second-order valence-electron chi connectivity index (χ2n) is 5.99. The molecule has 1 aliphatic heterocycles. The van der Waals surface area contributed by atoms with E-state index in [0.29, 0.717) is 24.4 Å². The van der Waals surface area contributed by atoms with Gasteiger partial charge in [0.1, 0.15) is 0 Å². The molecule has 140 valence electrons. The van der Waals surface area contributed by atoms with Gasteiger partial charge in [-0.2, -0.15) is 0 Å². The normalized spacial score (nSPS) is 12.2. The number of fused-ring (bicyclic) bond motifs is 1. The monoisotopic (exact) mass is 367 g/mol. The van der Waals surface area contributed by atoms with Crippen LogP contribution < -0.4 is 9.47 Å². The van der Waals surface area contributed by atoms with Gasteiger partial charge in [-0.05, 0) is 48.4 Å². The maximum absolute atomic E-state index is 12.5. The number of rotatable bonds is 6. The van der Waals surface area contributed by atoms with Gasteiger partial charge >= 0.3 is 5.97 Å². The maximum atomic E-state index is 12.5. The second kappa shape index (κ2) is 8.40. The highest BCUT2D eigenvalue weighted by Gasteiger charge is 2.15. The summed E-state index contributed by atoms with van der Waals surface area (Å²) in [4.78, 5) is 25.7. The highest BCUT2D eigenvalue weighted by atomic mass is 16.7. The van der Waals surface area contributed by atoms with Crippen molar-refractivity contribution in [2.45, 2.75) is 13.5 Å². The fourth-order valence-electron chi connectivity index (χ4n) is 2.73. The first-order chi connectivity index (χ1) is 13.1. The molecule has 1 aliphatic rings. The van der Waals surface area contributed by atoms with Crippen molar-refractivity contribution in [1.29, 1.82) is 0 Å². The molecular weight excluding hydrogens is 346 g/mol. The minimum atomic E-state index is -0.387. The van der Waals surface area contributed by atoms with Gasteiger partial charge in [-0.15, -0.1) is 0 Å². The summed E-state index contributed by atoms with van der Waals surface area (Å²) in [5, 5.41) is 0. The summed E-state index contributed by atoms with van der Waals surface area (Å²) >= 11 is 0. The van der Waals surface area contributed by atoms with Crippen molar-refractivity contribution < 1.29 is 23.8 Å². The number of esters is 1. The Morgan fingerprint density at radius 1 is 1.11 bits per heavy atom. The van der Waals surface area contributed by atoms with Crippen molar-refractivity contribution in [3.05, 3.63) is 65.2 Å². The zero-order valence-electron chi connectivity index (χ0n) is 15.3. The molecule has 3 rings (SSSR count). The molecule has 27 heavy (non-hydrogen) atoms. The van der Waals surface area contributed by atoms with Crippen LogP contribution in [0, 0.1) is 0 Å². The first-order valence-electron chi connectivity index (χ1n) is 8.64. The minimum Gasteiger partial charge on any atom is -0.465 e. The van der Waals surface area contributed by atoms with Crippen LogP contribution in [0.4, 0.5) is 0 Å². The van der Waals surface area contributed by atoms with Gasteiger partial charge in [0.05, 0.1) is 12.7 Å². The Hall–Kier alpha value is -3.28. The van der Waals surface area contributed by atoms with Crippen molar-refractivity contribution in [2.24, 2.45) is 0 Å². The van der Waals surface area contributed by atoms with Gasteiger partial charge < -0.3 is 19.1 Å². The lowest BCUT2D eigenvalue weighted by molar-refractivity contribution is -0.126. The number of likely N-dealkylation sites (N-methyl/N-ethyl adjacent to an activating group) is 1. The van der Waals surface area contributed by atoms with E-state index >= 15 is 0 Å². The molecule has 0 fully saturated rings. The summed E-state index contributed by atoms with van der Waals surface area (Å²) in [5.41, 5.74) is 2.28. The Labute approximate surface area is 158 Å². The third-order valence-corrected chi connectivity index (χ3v) is 4.25. The van der Waals surface area contributed by atoms with Crippen molar-refractivity contribution in [1.82, 2.24) is 4.90 Å². The van der Waals surface area contributed by atoms with Crippen molar-refractivity contribution in [3.8, 4) is 11.5 Å². The van der Waals surface area contributed by atoms with Crippen LogP contribution in [0.2, 0.25) is 0 Å². The fourth-order valence-corrected chi connectivity index (χ4v) is 2.73. The highest BCUT2D eigenvalue weighted by molar-refractivity contribution is 5.92. The number of methoxy groups -OCH3 is 1. The molecule has 0 saturated carbocycles. The molecule has 0 N–H and O–H groups in total. The zero-order chi connectivity index (χ0) is 19.2. The Balaban J connectivity index is 1.64. The summed E-state index contributed by atoms with van der Waals surface area (Å²) in [6.45, 7) is 3.23. The first kappa shape index (κ1) is 18.5. The molecule has 0 radical (unpaired) electrons. The van der Waals surface area contributed by atoms with E-state index in [1.807, 2.05) is 25.1 Å². The standard InChI is InChI=1S/C21H21NO5/c1-3-22(13-16-6-10-18-19(12-16)27-14-26-18)20(23)11-7-15-4-8-17(9-5-15)21(24)25-2/h4-12H,3,13-14H2,1-2H3/b11-7+. The van der Waals surface area contributed by atoms with Crippen molar-refractivity contribution in [3.63, 3.8) is 0 Å². The Morgan fingerprint density at radius 3 is 2.56 bits per heavy atom. The quantitative estimate of drug-likeness (QED) is 0.579. The third kappa shape index (κ3) is 4.47. The summed E-state index contributed by atoms with van der Waals surface area (Å²) in [7, 11) is 1.34. The van der Waals surface area contributed by atoms with Gasteiger partial charge in [-0.25, -0.2) is 4.79 Å². The molecule has 0 bridgehead atoms. The molecule has 0 unspecified atom stereocenters. The Kier molecular flexibility index (Phi) is 5.76. The van der Waals surface area contributed by atoms with Crippen LogP contribution in [0.25, 0.3) is 6.08 Å². The SMILES string of the molecule is CCN(Cc1ccc2c(c1)OCO2)C(=O)/C=C/c1ccc(C(=O)OC)cc1. The second-order valence-corrected chi connectivity index (χ2v) is 5.99. The van der Waals surface area contributed by atoms with Crippen molar-refractivity contribution in [2.75, 3.05) is 20.4 Å². The predicted molar refractivity (Wildman–Crippen MR) is 100 cm³/mol. The molecule has 1 amide bonds. The summed E-state index contributed by atoms with van der Waals surface area (Å²) in [5.74, 6) is 0.954. The smallest absolute Gasteiger partial charge is 0.337 e. The number of amides is 1. The van der Waals surface area contributed by atoms with E-state index in [9.17, 15) is 9.59 Å². The molecule has 6 nitrogen and oxygen atoms in total. The van der Waals surface area contributed by atoms with Gasteiger partial charge in [-0.1, -0.05) is 18.2 Å². The number of nitrogens with zero attached hydrogens (tertiary/aromatic N) is 1. The predicted octanol–water partition coefficient (Wildman–Crippen LogP) is 3.26. The van der Waals surface area contributed by atoms with Gasteiger partial charge in [-0.3, -0.25) is 4.79 Å². The molecule has 1 heterocycles. The molecule has 0 aromatic heterocycles. The van der Waals surface area contributed by atoms with Gasteiger partial charge in [0.25, 0.3) is 0 Å². The van der Waals surface area contributed by atoms with Crippen LogP contribution in [0.1, 0.15) is 28.4 Å². The Bertz CT molecular complexity index is 857. The van der Waals surface area contributed by atoms with Gasteiger partial charge in [0.15, 0.2) is 11.5 Å². The van der Waals surface area contributed by atoms with Crippen LogP contribution >= 0.6 is 0 Å². The molecule has 0 saturated heterocycles. The molecule has 0 aliphatic carbocycles. The summed E-state index contributed by atoms with van der Waals surface area (Å²) in [6.07, 6.45) is 3.26. The van der Waals surface area contributed by atoms with Gasteiger partial charge in [0.2, 0.25) is 12.7 Å².